The van der Waals surface area contributed by atoms with Crippen LogP contribution in [0.5, 0.6) is 5.75 Å². The Morgan fingerprint density at radius 1 is 1.14 bits per heavy atom. The van der Waals surface area contributed by atoms with Gasteiger partial charge in [0.25, 0.3) is 0 Å². The molecule has 2 rings (SSSR count). The zero-order valence-corrected chi connectivity index (χ0v) is 13.2. The third-order valence-corrected chi connectivity index (χ3v) is 3.79. The summed E-state index contributed by atoms with van der Waals surface area (Å²) in [5, 5.41) is 0.762. The second kappa shape index (κ2) is 7.46. The third kappa shape index (κ3) is 3.97. The van der Waals surface area contributed by atoms with Gasteiger partial charge in [0, 0.05) is 5.02 Å². The van der Waals surface area contributed by atoms with Gasteiger partial charge in [-0.25, -0.2) is 5.43 Å². The minimum atomic E-state index is -0.0683. The summed E-state index contributed by atoms with van der Waals surface area (Å²) < 4.78 is 5.59. The maximum absolute atomic E-state index is 6.08. The molecule has 0 aliphatic heterocycles. The lowest BCUT2D eigenvalue weighted by atomic mass is 9.98. The molecule has 1 unspecified atom stereocenters. The minimum Gasteiger partial charge on any atom is -0.494 e. The molecule has 0 aromatic heterocycles. The topological polar surface area (TPSA) is 47.3 Å². The van der Waals surface area contributed by atoms with Crippen LogP contribution in [0.3, 0.4) is 0 Å². The summed E-state index contributed by atoms with van der Waals surface area (Å²) in [6.45, 7) is 4.81. The summed E-state index contributed by atoms with van der Waals surface area (Å²) in [6.07, 6.45) is 0.999. The molecule has 0 saturated carbocycles. The molecular weight excluding hydrogens is 284 g/mol. The zero-order valence-electron chi connectivity index (χ0n) is 12.4. The molecule has 21 heavy (non-hydrogen) atoms. The fourth-order valence-corrected chi connectivity index (χ4v) is 2.33. The predicted molar refractivity (Wildman–Crippen MR) is 87.6 cm³/mol. The van der Waals surface area contributed by atoms with Crippen molar-refractivity contribution in [3.05, 3.63) is 64.2 Å². The maximum Gasteiger partial charge on any atom is 0.119 e. The Kier molecular flexibility index (Phi) is 5.62. The number of nitrogens with one attached hydrogen (secondary N) is 1. The van der Waals surface area contributed by atoms with Crippen LogP contribution in [0.2, 0.25) is 5.02 Å². The van der Waals surface area contributed by atoms with E-state index in [-0.39, 0.29) is 6.04 Å². The van der Waals surface area contributed by atoms with Crippen molar-refractivity contribution >= 4 is 11.6 Å². The molecule has 0 bridgehead atoms. The van der Waals surface area contributed by atoms with Crippen LogP contribution in [0.4, 0.5) is 0 Å². The normalized spacial score (nSPS) is 12.2. The van der Waals surface area contributed by atoms with Gasteiger partial charge in [0.1, 0.15) is 5.75 Å². The molecular formula is C17H21ClN2O. The van der Waals surface area contributed by atoms with Crippen LogP contribution < -0.4 is 16.0 Å². The molecule has 2 aromatic rings. The minimum absolute atomic E-state index is 0.0683. The molecule has 112 valence electrons. The number of hydrogen-bond donors (Lipinski definition) is 2. The van der Waals surface area contributed by atoms with Gasteiger partial charge in [-0.1, -0.05) is 42.8 Å². The Hall–Kier alpha value is -1.55. The second-order valence-electron chi connectivity index (χ2n) is 5.03. The summed E-state index contributed by atoms with van der Waals surface area (Å²) in [5.74, 6) is 6.61. The summed E-state index contributed by atoms with van der Waals surface area (Å²) in [7, 11) is 0. The summed E-state index contributed by atoms with van der Waals surface area (Å²) in [4.78, 5) is 0. The largest absolute Gasteiger partial charge is 0.494 e. The Morgan fingerprint density at radius 3 is 2.38 bits per heavy atom. The molecule has 0 fully saturated rings. The third-order valence-electron chi connectivity index (χ3n) is 3.37. The molecule has 1 atom stereocenters. The monoisotopic (exact) mass is 304 g/mol. The summed E-state index contributed by atoms with van der Waals surface area (Å²) in [5.41, 5.74) is 6.07. The average Bonchev–Trinajstić information content (AvgIpc) is 2.50. The van der Waals surface area contributed by atoms with Crippen LogP contribution in [0.1, 0.15) is 36.1 Å². The first-order valence-corrected chi connectivity index (χ1v) is 7.48. The molecule has 0 spiro atoms. The molecule has 0 aliphatic rings. The van der Waals surface area contributed by atoms with E-state index in [0.29, 0.717) is 0 Å². The van der Waals surface area contributed by atoms with Crippen molar-refractivity contribution in [3.63, 3.8) is 0 Å². The number of ether oxygens (including phenoxy) is 1. The van der Waals surface area contributed by atoms with E-state index in [0.717, 1.165) is 40.5 Å². The summed E-state index contributed by atoms with van der Waals surface area (Å²) >= 11 is 6.08. The van der Waals surface area contributed by atoms with Gasteiger partial charge in [-0.05, 0) is 48.2 Å². The van der Waals surface area contributed by atoms with E-state index in [1.165, 1.54) is 0 Å². The Labute approximate surface area is 131 Å². The fourth-order valence-electron chi connectivity index (χ4n) is 2.21. The number of rotatable bonds is 6. The van der Waals surface area contributed by atoms with E-state index in [1.807, 2.05) is 49.4 Å². The first kappa shape index (κ1) is 15.8. The quantitative estimate of drug-likeness (QED) is 0.626. The van der Waals surface area contributed by atoms with Crippen molar-refractivity contribution in [3.8, 4) is 5.75 Å². The Bertz CT molecular complexity index is 584. The fraction of sp³-hybridized carbons (Fsp3) is 0.294. The smallest absolute Gasteiger partial charge is 0.119 e. The van der Waals surface area contributed by atoms with E-state index in [1.54, 1.807) is 0 Å². The molecule has 3 N–H and O–H groups in total. The number of aryl methyl sites for hydroxylation is 1. The number of halogens is 1. The Morgan fingerprint density at radius 2 is 1.81 bits per heavy atom. The van der Waals surface area contributed by atoms with E-state index in [4.69, 9.17) is 22.2 Å². The SMILES string of the molecule is CCCOc1ccc(C(NN)c2ccc(Cl)c(C)c2)cc1. The van der Waals surface area contributed by atoms with Crippen molar-refractivity contribution in [2.45, 2.75) is 26.3 Å². The maximum atomic E-state index is 6.08. The highest BCUT2D eigenvalue weighted by Gasteiger charge is 2.13. The van der Waals surface area contributed by atoms with Crippen LogP contribution in [0.15, 0.2) is 42.5 Å². The van der Waals surface area contributed by atoms with Gasteiger partial charge in [-0.2, -0.15) is 0 Å². The van der Waals surface area contributed by atoms with Crippen molar-refractivity contribution in [2.24, 2.45) is 5.84 Å². The zero-order chi connectivity index (χ0) is 15.2. The van der Waals surface area contributed by atoms with Crippen LogP contribution >= 0.6 is 11.6 Å². The first-order valence-electron chi connectivity index (χ1n) is 7.10. The van der Waals surface area contributed by atoms with Crippen molar-refractivity contribution in [2.75, 3.05) is 6.61 Å². The molecule has 2 aromatic carbocycles. The van der Waals surface area contributed by atoms with Gasteiger partial charge >= 0.3 is 0 Å². The highest BCUT2D eigenvalue weighted by atomic mass is 35.5. The second-order valence-corrected chi connectivity index (χ2v) is 5.43. The molecule has 0 radical (unpaired) electrons. The molecule has 0 saturated heterocycles. The van der Waals surface area contributed by atoms with Gasteiger partial charge < -0.3 is 4.74 Å². The number of benzene rings is 2. The molecule has 0 amide bonds. The molecule has 3 nitrogen and oxygen atoms in total. The predicted octanol–water partition coefficient (Wildman–Crippen LogP) is 3.99. The number of nitrogens with two attached hydrogens (primary N) is 1. The first-order chi connectivity index (χ1) is 10.2. The number of hydrogen-bond acceptors (Lipinski definition) is 3. The van der Waals surface area contributed by atoms with Crippen molar-refractivity contribution in [1.29, 1.82) is 0 Å². The van der Waals surface area contributed by atoms with Crippen LogP contribution in [-0.2, 0) is 0 Å². The van der Waals surface area contributed by atoms with Crippen LogP contribution in [0.25, 0.3) is 0 Å². The standard InChI is InChI=1S/C17H21ClN2O/c1-3-10-21-15-7-4-13(5-8-15)17(20-19)14-6-9-16(18)12(2)11-14/h4-9,11,17,20H,3,10,19H2,1-2H3. The van der Waals surface area contributed by atoms with Gasteiger partial charge in [-0.3, -0.25) is 5.84 Å². The molecule has 4 heteroatoms. The van der Waals surface area contributed by atoms with E-state index >= 15 is 0 Å². The van der Waals surface area contributed by atoms with Crippen molar-refractivity contribution in [1.82, 2.24) is 5.43 Å². The Balaban J connectivity index is 2.22. The van der Waals surface area contributed by atoms with E-state index < -0.39 is 0 Å². The number of hydrazine groups is 1. The lowest BCUT2D eigenvalue weighted by molar-refractivity contribution is 0.317. The highest BCUT2D eigenvalue weighted by Crippen LogP contribution is 2.26. The van der Waals surface area contributed by atoms with Gasteiger partial charge in [-0.15, -0.1) is 0 Å². The van der Waals surface area contributed by atoms with Gasteiger partial charge in [0.05, 0.1) is 12.6 Å². The molecule has 0 heterocycles. The lowest BCUT2D eigenvalue weighted by Gasteiger charge is -2.18. The van der Waals surface area contributed by atoms with Crippen LogP contribution in [-0.4, -0.2) is 6.61 Å². The molecule has 0 aliphatic carbocycles. The highest BCUT2D eigenvalue weighted by molar-refractivity contribution is 6.31. The summed E-state index contributed by atoms with van der Waals surface area (Å²) in [6, 6.07) is 13.9. The lowest BCUT2D eigenvalue weighted by Crippen LogP contribution is -2.28. The van der Waals surface area contributed by atoms with Gasteiger partial charge in [0.15, 0.2) is 0 Å². The van der Waals surface area contributed by atoms with E-state index in [2.05, 4.69) is 12.3 Å². The van der Waals surface area contributed by atoms with Gasteiger partial charge in [0.2, 0.25) is 0 Å². The average molecular weight is 305 g/mol. The van der Waals surface area contributed by atoms with Crippen molar-refractivity contribution < 1.29 is 4.74 Å². The van der Waals surface area contributed by atoms with Crippen LogP contribution in [0, 0.1) is 6.92 Å². The van der Waals surface area contributed by atoms with E-state index in [9.17, 15) is 0 Å².